The normalized spacial score (nSPS) is 15.3. The van der Waals surface area contributed by atoms with E-state index < -0.39 is 10.8 Å². The number of benzene rings is 1. The molecule has 0 bridgehead atoms. The van der Waals surface area contributed by atoms with E-state index in [2.05, 4.69) is 15.0 Å². The van der Waals surface area contributed by atoms with E-state index in [0.29, 0.717) is 10.9 Å². The molecule has 1 unspecified atom stereocenters. The number of aromatic nitrogens is 3. The summed E-state index contributed by atoms with van der Waals surface area (Å²) in [5.41, 5.74) is 3.69. The van der Waals surface area contributed by atoms with Crippen LogP contribution < -0.4 is 4.74 Å². The van der Waals surface area contributed by atoms with Crippen LogP contribution in [-0.2, 0) is 23.0 Å². The van der Waals surface area contributed by atoms with Crippen LogP contribution in [0.15, 0.2) is 41.7 Å². The van der Waals surface area contributed by atoms with Crippen molar-refractivity contribution in [1.29, 1.82) is 0 Å². The van der Waals surface area contributed by atoms with Gasteiger partial charge in [0.05, 0.1) is 46.1 Å². The Hall–Kier alpha value is -2.21. The van der Waals surface area contributed by atoms with Gasteiger partial charge >= 0.3 is 0 Å². The Bertz CT molecular complexity index is 826. The Kier molecular flexibility index (Phi) is 3.38. The number of aromatic amines is 1. The monoisotopic (exact) mass is 313 g/mol. The Labute approximate surface area is 130 Å². The summed E-state index contributed by atoms with van der Waals surface area (Å²) in [6, 6.07) is 9.67. The van der Waals surface area contributed by atoms with E-state index in [1.807, 2.05) is 30.3 Å². The van der Waals surface area contributed by atoms with Crippen LogP contribution in [0.2, 0.25) is 0 Å². The van der Waals surface area contributed by atoms with Gasteiger partial charge in [-0.15, -0.1) is 0 Å². The Morgan fingerprint density at radius 3 is 3.14 bits per heavy atom. The fraction of sp³-hybridized carbons (Fsp3) is 0.250. The van der Waals surface area contributed by atoms with Crippen molar-refractivity contribution >= 4 is 21.8 Å². The summed E-state index contributed by atoms with van der Waals surface area (Å²) in [7, 11) is -1.24. The highest BCUT2D eigenvalue weighted by Gasteiger charge is 2.15. The van der Waals surface area contributed by atoms with Gasteiger partial charge in [0, 0.05) is 0 Å². The van der Waals surface area contributed by atoms with Gasteiger partial charge in [-0.1, -0.05) is 12.1 Å². The van der Waals surface area contributed by atoms with Gasteiger partial charge in [0.1, 0.15) is 5.75 Å². The molecule has 22 heavy (non-hydrogen) atoms. The van der Waals surface area contributed by atoms with Gasteiger partial charge in [0.2, 0.25) is 0 Å². The molecule has 0 saturated carbocycles. The van der Waals surface area contributed by atoms with Crippen molar-refractivity contribution < 1.29 is 8.95 Å². The van der Waals surface area contributed by atoms with Crippen LogP contribution in [0, 0.1) is 0 Å². The third-order valence-electron chi connectivity index (χ3n) is 3.72. The second-order valence-corrected chi connectivity index (χ2v) is 6.65. The zero-order valence-corrected chi connectivity index (χ0v) is 12.7. The first-order valence-electron chi connectivity index (χ1n) is 7.23. The van der Waals surface area contributed by atoms with Crippen molar-refractivity contribution in [2.45, 2.75) is 23.8 Å². The third kappa shape index (κ3) is 2.50. The summed E-state index contributed by atoms with van der Waals surface area (Å²) >= 11 is 0. The van der Waals surface area contributed by atoms with E-state index in [4.69, 9.17) is 4.74 Å². The second-order valence-electron chi connectivity index (χ2n) is 5.28. The molecule has 5 nitrogen and oxygen atoms in total. The lowest BCUT2D eigenvalue weighted by Gasteiger charge is -2.16. The smallest absolute Gasteiger partial charge is 0.197 e. The molecule has 3 heterocycles. The standard InChI is InChI=1S/C16H15N3O2S/c20-22(16-18-13-5-1-2-6-14(13)19-16)10-12-8-11-4-3-7-21-15(11)9-17-12/h1-2,5-6,8-9H,3-4,7,10H2,(H,18,19). The Morgan fingerprint density at radius 1 is 1.32 bits per heavy atom. The summed E-state index contributed by atoms with van der Waals surface area (Å²) in [6.07, 6.45) is 3.74. The average molecular weight is 313 g/mol. The van der Waals surface area contributed by atoms with Gasteiger partial charge in [-0.3, -0.25) is 9.19 Å². The maximum Gasteiger partial charge on any atom is 0.197 e. The molecule has 1 aromatic carbocycles. The fourth-order valence-corrected chi connectivity index (χ4v) is 3.61. The number of pyridine rings is 1. The summed E-state index contributed by atoms with van der Waals surface area (Å²) in [5.74, 6) is 1.21. The summed E-state index contributed by atoms with van der Waals surface area (Å²) in [5, 5.41) is 0.497. The number of imidazole rings is 1. The molecule has 0 fully saturated rings. The molecule has 1 N–H and O–H groups in total. The van der Waals surface area contributed by atoms with Gasteiger partial charge in [-0.2, -0.15) is 0 Å². The zero-order valence-electron chi connectivity index (χ0n) is 11.9. The summed E-state index contributed by atoms with van der Waals surface area (Å²) in [6.45, 7) is 0.749. The van der Waals surface area contributed by atoms with Crippen molar-refractivity contribution in [3.8, 4) is 5.75 Å². The molecule has 0 saturated heterocycles. The molecule has 1 atom stereocenters. The number of ether oxygens (including phenoxy) is 1. The SMILES string of the molecule is O=S(Cc1cc2c(cn1)OCCC2)c1nc2ccccc2[nH]1. The van der Waals surface area contributed by atoms with Crippen LogP contribution >= 0.6 is 0 Å². The molecule has 2 aromatic heterocycles. The number of H-pyrrole nitrogens is 1. The molecule has 0 spiro atoms. The Balaban J connectivity index is 1.58. The van der Waals surface area contributed by atoms with Crippen molar-refractivity contribution in [1.82, 2.24) is 15.0 Å². The van der Waals surface area contributed by atoms with Gasteiger partial charge < -0.3 is 9.72 Å². The fourth-order valence-electron chi connectivity index (χ4n) is 2.62. The first kappa shape index (κ1) is 13.5. The van der Waals surface area contributed by atoms with Crippen LogP contribution in [0.4, 0.5) is 0 Å². The van der Waals surface area contributed by atoms with Crippen molar-refractivity contribution in [2.24, 2.45) is 0 Å². The second kappa shape index (κ2) is 5.53. The highest BCUT2D eigenvalue weighted by Crippen LogP contribution is 2.25. The number of nitrogens with zero attached hydrogens (tertiary/aromatic N) is 2. The molecule has 1 aliphatic rings. The first-order valence-corrected chi connectivity index (χ1v) is 8.55. The number of para-hydroxylation sites is 2. The van der Waals surface area contributed by atoms with Crippen LogP contribution in [0.1, 0.15) is 17.7 Å². The number of aryl methyl sites for hydroxylation is 1. The highest BCUT2D eigenvalue weighted by molar-refractivity contribution is 7.84. The van der Waals surface area contributed by atoms with Crippen LogP contribution in [-0.4, -0.2) is 25.8 Å². The summed E-state index contributed by atoms with van der Waals surface area (Å²) in [4.78, 5) is 11.9. The molecule has 0 radical (unpaired) electrons. The minimum absolute atomic E-state index is 0.354. The van der Waals surface area contributed by atoms with E-state index in [0.717, 1.165) is 47.5 Å². The van der Waals surface area contributed by atoms with Gasteiger partial charge in [-0.05, 0) is 36.6 Å². The van der Waals surface area contributed by atoms with Crippen molar-refractivity contribution in [3.05, 3.63) is 47.8 Å². The molecule has 0 amide bonds. The lowest BCUT2D eigenvalue weighted by molar-refractivity contribution is 0.287. The van der Waals surface area contributed by atoms with Gasteiger partial charge in [0.25, 0.3) is 0 Å². The minimum Gasteiger partial charge on any atom is -0.492 e. The van der Waals surface area contributed by atoms with E-state index in [1.165, 1.54) is 0 Å². The number of fused-ring (bicyclic) bond motifs is 2. The predicted octanol–water partition coefficient (Wildman–Crippen LogP) is 2.59. The minimum atomic E-state index is -1.24. The zero-order chi connectivity index (χ0) is 14.9. The molecular weight excluding hydrogens is 298 g/mol. The molecule has 6 heteroatoms. The van der Waals surface area contributed by atoms with E-state index in [-0.39, 0.29) is 0 Å². The predicted molar refractivity (Wildman–Crippen MR) is 84.3 cm³/mol. The molecule has 112 valence electrons. The lowest BCUT2D eigenvalue weighted by Crippen LogP contribution is -2.10. The molecule has 1 aliphatic heterocycles. The van der Waals surface area contributed by atoms with E-state index in [1.54, 1.807) is 6.20 Å². The maximum atomic E-state index is 12.5. The molecule has 0 aliphatic carbocycles. The average Bonchev–Trinajstić information content (AvgIpc) is 2.99. The molecule has 4 rings (SSSR count). The number of rotatable bonds is 3. The van der Waals surface area contributed by atoms with Gasteiger partial charge in [-0.25, -0.2) is 4.98 Å². The van der Waals surface area contributed by atoms with E-state index in [9.17, 15) is 4.21 Å². The quantitative estimate of drug-likeness (QED) is 0.807. The molecule has 3 aromatic rings. The van der Waals surface area contributed by atoms with Gasteiger partial charge in [0.15, 0.2) is 5.16 Å². The summed E-state index contributed by atoms with van der Waals surface area (Å²) < 4.78 is 18.0. The largest absolute Gasteiger partial charge is 0.492 e. The van der Waals surface area contributed by atoms with Crippen LogP contribution in [0.25, 0.3) is 11.0 Å². The first-order chi connectivity index (χ1) is 10.8. The van der Waals surface area contributed by atoms with Crippen LogP contribution in [0.5, 0.6) is 5.75 Å². The maximum absolute atomic E-state index is 12.5. The number of nitrogens with one attached hydrogen (secondary N) is 1. The number of hydrogen-bond acceptors (Lipinski definition) is 4. The molecular formula is C16H15N3O2S. The van der Waals surface area contributed by atoms with E-state index >= 15 is 0 Å². The van der Waals surface area contributed by atoms with Crippen LogP contribution in [0.3, 0.4) is 0 Å². The number of hydrogen-bond donors (Lipinski definition) is 1. The van der Waals surface area contributed by atoms with Crippen molar-refractivity contribution in [3.63, 3.8) is 0 Å². The Morgan fingerprint density at radius 2 is 2.23 bits per heavy atom. The topological polar surface area (TPSA) is 67.9 Å². The van der Waals surface area contributed by atoms with Crippen molar-refractivity contribution in [2.75, 3.05) is 6.61 Å². The third-order valence-corrected chi connectivity index (χ3v) is 4.90. The highest BCUT2D eigenvalue weighted by atomic mass is 32.2. The lowest BCUT2D eigenvalue weighted by atomic mass is 10.1.